The van der Waals surface area contributed by atoms with Crippen LogP contribution in [-0.4, -0.2) is 15.9 Å². The number of carbonyl (C=O) groups is 1. The molecule has 20 heavy (non-hydrogen) atoms. The van der Waals surface area contributed by atoms with Crippen LogP contribution in [0.25, 0.3) is 21.8 Å². The van der Waals surface area contributed by atoms with Crippen molar-refractivity contribution in [3.8, 4) is 0 Å². The van der Waals surface area contributed by atoms with E-state index >= 15 is 0 Å². The predicted octanol–water partition coefficient (Wildman–Crippen LogP) is 3.68. The molecular weight excluding hydrogens is 318 g/mol. The van der Waals surface area contributed by atoms with Crippen LogP contribution in [0.2, 0.25) is 0 Å². The standard InChI is InChI=1S/C15H14BrN3O/c1-8(18-9(2)20)14-15-11(5-6-17-14)12-7-10(16)3-4-13(12)19-15/h3-8,19H,1-2H3,(H,18,20). The molecule has 1 amide bonds. The average molecular weight is 332 g/mol. The zero-order chi connectivity index (χ0) is 14.3. The summed E-state index contributed by atoms with van der Waals surface area (Å²) in [5.41, 5.74) is 2.89. The number of nitrogens with zero attached hydrogens (tertiary/aromatic N) is 1. The van der Waals surface area contributed by atoms with E-state index in [2.05, 4.69) is 37.3 Å². The van der Waals surface area contributed by atoms with Gasteiger partial charge in [0, 0.05) is 33.9 Å². The first kappa shape index (κ1) is 13.1. The highest BCUT2D eigenvalue weighted by atomic mass is 79.9. The first-order chi connectivity index (χ1) is 9.56. The van der Waals surface area contributed by atoms with E-state index in [-0.39, 0.29) is 11.9 Å². The van der Waals surface area contributed by atoms with Crippen molar-refractivity contribution in [3.63, 3.8) is 0 Å². The van der Waals surface area contributed by atoms with Crippen molar-refractivity contribution in [1.29, 1.82) is 0 Å². The molecule has 4 nitrogen and oxygen atoms in total. The van der Waals surface area contributed by atoms with Crippen LogP contribution in [0, 0.1) is 0 Å². The van der Waals surface area contributed by atoms with Gasteiger partial charge in [-0.15, -0.1) is 0 Å². The van der Waals surface area contributed by atoms with Crippen LogP contribution in [0.5, 0.6) is 0 Å². The topological polar surface area (TPSA) is 57.8 Å². The summed E-state index contributed by atoms with van der Waals surface area (Å²) in [7, 11) is 0. The number of nitrogens with one attached hydrogen (secondary N) is 2. The molecule has 3 aromatic rings. The molecule has 0 aliphatic heterocycles. The lowest BCUT2D eigenvalue weighted by atomic mass is 10.1. The maximum Gasteiger partial charge on any atom is 0.217 e. The molecule has 1 aromatic carbocycles. The molecule has 3 rings (SSSR count). The number of pyridine rings is 1. The third-order valence-electron chi connectivity index (χ3n) is 3.34. The fourth-order valence-corrected chi connectivity index (χ4v) is 2.88. The number of halogens is 1. The molecule has 2 heterocycles. The highest BCUT2D eigenvalue weighted by Gasteiger charge is 2.15. The lowest BCUT2D eigenvalue weighted by molar-refractivity contribution is -0.119. The Morgan fingerprint density at radius 3 is 2.90 bits per heavy atom. The van der Waals surface area contributed by atoms with E-state index < -0.39 is 0 Å². The van der Waals surface area contributed by atoms with E-state index in [9.17, 15) is 4.79 Å². The van der Waals surface area contributed by atoms with Gasteiger partial charge in [-0.1, -0.05) is 15.9 Å². The number of carbonyl (C=O) groups excluding carboxylic acids is 1. The second-order valence-corrected chi connectivity index (χ2v) is 5.77. The average Bonchev–Trinajstić information content (AvgIpc) is 2.75. The van der Waals surface area contributed by atoms with Gasteiger partial charge in [-0.25, -0.2) is 0 Å². The Balaban J connectivity index is 2.24. The molecule has 0 radical (unpaired) electrons. The number of aromatic amines is 1. The number of hydrogen-bond donors (Lipinski definition) is 2. The summed E-state index contributed by atoms with van der Waals surface area (Å²) >= 11 is 3.50. The molecular formula is C15H14BrN3O. The third kappa shape index (κ3) is 2.18. The third-order valence-corrected chi connectivity index (χ3v) is 3.83. The van der Waals surface area contributed by atoms with Crippen molar-refractivity contribution < 1.29 is 4.79 Å². The van der Waals surface area contributed by atoms with Crippen molar-refractivity contribution in [2.75, 3.05) is 0 Å². The lowest BCUT2D eigenvalue weighted by Crippen LogP contribution is -2.24. The van der Waals surface area contributed by atoms with Crippen LogP contribution < -0.4 is 5.32 Å². The maximum atomic E-state index is 11.2. The van der Waals surface area contributed by atoms with Crippen LogP contribution in [0.1, 0.15) is 25.6 Å². The van der Waals surface area contributed by atoms with Gasteiger partial charge >= 0.3 is 0 Å². The number of H-pyrrole nitrogens is 1. The molecule has 1 unspecified atom stereocenters. The van der Waals surface area contributed by atoms with Gasteiger partial charge in [0.05, 0.1) is 17.3 Å². The summed E-state index contributed by atoms with van der Waals surface area (Å²) in [6, 6.07) is 7.98. The fourth-order valence-electron chi connectivity index (χ4n) is 2.52. The largest absolute Gasteiger partial charge is 0.353 e. The van der Waals surface area contributed by atoms with Gasteiger partial charge in [0.2, 0.25) is 5.91 Å². The Kier molecular flexibility index (Phi) is 3.22. The van der Waals surface area contributed by atoms with Gasteiger partial charge in [-0.05, 0) is 31.2 Å². The van der Waals surface area contributed by atoms with Gasteiger partial charge in [-0.2, -0.15) is 0 Å². The SMILES string of the molecule is CC(=O)NC(C)c1nccc2c1[nH]c1ccc(Br)cc12. The van der Waals surface area contributed by atoms with E-state index in [0.29, 0.717) is 0 Å². The molecule has 0 saturated carbocycles. The summed E-state index contributed by atoms with van der Waals surface area (Å²) in [6.45, 7) is 3.45. The van der Waals surface area contributed by atoms with Crippen molar-refractivity contribution in [2.45, 2.75) is 19.9 Å². The quantitative estimate of drug-likeness (QED) is 0.752. The van der Waals surface area contributed by atoms with Crippen LogP contribution in [0.4, 0.5) is 0 Å². The molecule has 0 saturated heterocycles. The van der Waals surface area contributed by atoms with Gasteiger partial charge < -0.3 is 10.3 Å². The zero-order valence-corrected chi connectivity index (χ0v) is 12.8. The van der Waals surface area contributed by atoms with Crippen LogP contribution >= 0.6 is 15.9 Å². The number of hydrogen-bond acceptors (Lipinski definition) is 2. The lowest BCUT2D eigenvalue weighted by Gasteiger charge is -2.12. The fraction of sp³-hybridized carbons (Fsp3) is 0.200. The van der Waals surface area contributed by atoms with Crippen LogP contribution in [0.3, 0.4) is 0 Å². The summed E-state index contributed by atoms with van der Waals surface area (Å²) in [6.07, 6.45) is 1.78. The first-order valence-corrected chi connectivity index (χ1v) is 7.18. The Labute approximate surface area is 124 Å². The minimum Gasteiger partial charge on any atom is -0.353 e. The second kappa shape index (κ2) is 4.90. The molecule has 0 aliphatic rings. The van der Waals surface area contributed by atoms with Crippen molar-refractivity contribution in [3.05, 3.63) is 40.6 Å². The zero-order valence-electron chi connectivity index (χ0n) is 11.2. The molecule has 1 atom stereocenters. The van der Waals surface area contributed by atoms with Gasteiger partial charge in [0.25, 0.3) is 0 Å². The normalized spacial score (nSPS) is 12.8. The van der Waals surface area contributed by atoms with Gasteiger partial charge in [0.15, 0.2) is 0 Å². The van der Waals surface area contributed by atoms with Crippen molar-refractivity contribution in [2.24, 2.45) is 0 Å². The monoisotopic (exact) mass is 331 g/mol. The smallest absolute Gasteiger partial charge is 0.217 e. The highest BCUT2D eigenvalue weighted by Crippen LogP contribution is 2.30. The van der Waals surface area contributed by atoms with E-state index in [4.69, 9.17) is 0 Å². The Hall–Kier alpha value is -1.88. The molecule has 0 aliphatic carbocycles. The number of fused-ring (bicyclic) bond motifs is 3. The Morgan fingerprint density at radius 2 is 2.15 bits per heavy atom. The molecule has 2 N–H and O–H groups in total. The predicted molar refractivity (Wildman–Crippen MR) is 83.5 cm³/mol. The van der Waals surface area contributed by atoms with Crippen LogP contribution in [0.15, 0.2) is 34.9 Å². The second-order valence-electron chi connectivity index (χ2n) is 4.86. The van der Waals surface area contributed by atoms with E-state index in [1.165, 1.54) is 6.92 Å². The van der Waals surface area contributed by atoms with Gasteiger partial charge in [-0.3, -0.25) is 9.78 Å². The summed E-state index contributed by atoms with van der Waals surface area (Å²) in [5, 5.41) is 5.14. The van der Waals surface area contributed by atoms with E-state index in [0.717, 1.165) is 32.0 Å². The van der Waals surface area contributed by atoms with E-state index in [1.54, 1.807) is 6.20 Å². The highest BCUT2D eigenvalue weighted by molar-refractivity contribution is 9.10. The minimum absolute atomic E-state index is 0.0600. The van der Waals surface area contributed by atoms with Crippen LogP contribution in [-0.2, 0) is 4.79 Å². The Bertz CT molecular complexity index is 809. The molecule has 0 spiro atoms. The minimum atomic E-state index is -0.132. The van der Waals surface area contributed by atoms with Crippen molar-refractivity contribution >= 4 is 43.6 Å². The van der Waals surface area contributed by atoms with Crippen molar-refractivity contribution in [1.82, 2.24) is 15.3 Å². The van der Waals surface area contributed by atoms with Gasteiger partial charge in [0.1, 0.15) is 0 Å². The first-order valence-electron chi connectivity index (χ1n) is 6.39. The Morgan fingerprint density at radius 1 is 1.35 bits per heavy atom. The number of aromatic nitrogens is 2. The summed E-state index contributed by atoms with van der Waals surface area (Å²) in [4.78, 5) is 19.0. The number of benzene rings is 1. The number of amides is 1. The number of rotatable bonds is 2. The molecule has 102 valence electrons. The maximum absolute atomic E-state index is 11.2. The molecule has 0 fully saturated rings. The molecule has 0 bridgehead atoms. The summed E-state index contributed by atoms with van der Waals surface area (Å²) < 4.78 is 1.04. The molecule has 5 heteroatoms. The summed E-state index contributed by atoms with van der Waals surface area (Å²) in [5.74, 6) is -0.0600. The van der Waals surface area contributed by atoms with E-state index in [1.807, 2.05) is 25.1 Å². The molecule has 2 aromatic heterocycles.